The van der Waals surface area contributed by atoms with E-state index in [4.69, 9.17) is 11.6 Å². The summed E-state index contributed by atoms with van der Waals surface area (Å²) in [5.41, 5.74) is -1.80. The zero-order chi connectivity index (χ0) is 36.0. The van der Waals surface area contributed by atoms with Gasteiger partial charge in [-0.05, 0) is 80.3 Å². The van der Waals surface area contributed by atoms with Gasteiger partial charge in [-0.3, -0.25) is 24.1 Å². The summed E-state index contributed by atoms with van der Waals surface area (Å²) in [5, 5.41) is 20.3. The second kappa shape index (κ2) is 11.4. The fourth-order valence-corrected chi connectivity index (χ4v) is 8.40. The molecule has 4 amide bonds. The number of hydrogen-bond acceptors (Lipinski definition) is 7. The van der Waals surface area contributed by atoms with E-state index in [1.54, 1.807) is 6.08 Å². The van der Waals surface area contributed by atoms with Crippen molar-refractivity contribution in [1.29, 1.82) is 0 Å². The van der Waals surface area contributed by atoms with E-state index in [1.807, 2.05) is 0 Å². The standard InChI is InChI=1S/C35H25ClF4N2O8/c1-34-23(30(45)42(33(34)49)17-5-9-25(37)24(36)12-17)14-21-19(28(34)22-13-18(6-10-26(22)43)50-35(38,39)40)7-8-20-27(21)31(46)41(29(20)44)16-4-2-3-15(11-16)32(47)48/h2-7,9-13,20-21,23,27-28,43H,8,14H2,1H3,(H,47,48). The van der Waals surface area contributed by atoms with E-state index in [-0.39, 0.29) is 40.4 Å². The van der Waals surface area contributed by atoms with Gasteiger partial charge in [0.25, 0.3) is 0 Å². The molecule has 15 heteroatoms. The fraction of sp³-hybridized carbons (Fsp3) is 0.286. The number of alkyl halides is 3. The number of carboxylic acids is 1. The van der Waals surface area contributed by atoms with Crippen LogP contribution >= 0.6 is 11.6 Å². The number of imide groups is 2. The predicted octanol–water partition coefficient (Wildman–Crippen LogP) is 6.22. The van der Waals surface area contributed by atoms with Crippen LogP contribution in [0.1, 0.15) is 41.6 Å². The van der Waals surface area contributed by atoms with Crippen LogP contribution in [0, 0.1) is 34.9 Å². The Morgan fingerprint density at radius 1 is 0.940 bits per heavy atom. The van der Waals surface area contributed by atoms with Crippen LogP contribution in [0.3, 0.4) is 0 Å². The molecule has 3 aromatic rings. The SMILES string of the molecule is CC12C(=O)N(c3ccc(F)c(Cl)c3)C(=O)C1CC1C(=CCC3C(=O)N(c4cccc(C(=O)O)c4)C(=O)C31)C2c1cc(OC(F)(F)F)ccc1O. The molecule has 6 atom stereocenters. The lowest BCUT2D eigenvalue weighted by atomic mass is 9.51. The van der Waals surface area contributed by atoms with Gasteiger partial charge in [-0.15, -0.1) is 13.2 Å². The summed E-state index contributed by atoms with van der Waals surface area (Å²) >= 11 is 5.99. The van der Waals surface area contributed by atoms with E-state index < -0.39 is 88.3 Å². The monoisotopic (exact) mass is 712 g/mol. The van der Waals surface area contributed by atoms with Gasteiger partial charge in [0.1, 0.15) is 17.3 Å². The molecule has 1 saturated carbocycles. The van der Waals surface area contributed by atoms with E-state index in [9.17, 15) is 51.7 Å². The highest BCUT2D eigenvalue weighted by atomic mass is 35.5. The number of fused-ring (bicyclic) bond motifs is 4. The minimum absolute atomic E-state index is 0.0224. The van der Waals surface area contributed by atoms with Crippen LogP contribution in [0.2, 0.25) is 5.02 Å². The number of ether oxygens (including phenoxy) is 1. The van der Waals surface area contributed by atoms with Gasteiger partial charge in [0.2, 0.25) is 23.6 Å². The number of rotatable bonds is 5. The number of phenols is 1. The number of carbonyl (C=O) groups excluding carboxylic acids is 4. The average molecular weight is 713 g/mol. The Hall–Kier alpha value is -5.24. The highest BCUT2D eigenvalue weighted by molar-refractivity contribution is 6.32. The van der Waals surface area contributed by atoms with Crippen molar-refractivity contribution in [2.45, 2.75) is 32.0 Å². The van der Waals surface area contributed by atoms with Gasteiger partial charge < -0.3 is 14.9 Å². The molecule has 6 unspecified atom stereocenters. The first-order chi connectivity index (χ1) is 23.5. The molecule has 3 fully saturated rings. The molecular weight excluding hydrogens is 688 g/mol. The lowest BCUT2D eigenvalue weighted by molar-refractivity contribution is -0.274. The third-order valence-corrected chi connectivity index (χ3v) is 10.6. The number of carboxylic acid groups (broad SMARTS) is 1. The van der Waals surface area contributed by atoms with E-state index in [0.717, 1.165) is 40.1 Å². The largest absolute Gasteiger partial charge is 0.573 e. The lowest BCUT2D eigenvalue weighted by Crippen LogP contribution is -2.49. The second-order valence-corrected chi connectivity index (χ2v) is 13.3. The number of anilines is 2. The van der Waals surface area contributed by atoms with Gasteiger partial charge in [-0.2, -0.15) is 0 Å². The van der Waals surface area contributed by atoms with Crippen LogP contribution in [0.25, 0.3) is 0 Å². The molecule has 0 radical (unpaired) electrons. The van der Waals surface area contributed by atoms with Crippen molar-refractivity contribution >= 4 is 52.6 Å². The van der Waals surface area contributed by atoms with Crippen molar-refractivity contribution in [1.82, 2.24) is 0 Å². The number of phenolic OH excluding ortho intramolecular Hbond substituents is 1. The summed E-state index contributed by atoms with van der Waals surface area (Å²) in [6.45, 7) is 1.44. The van der Waals surface area contributed by atoms with Crippen LogP contribution in [0.4, 0.5) is 28.9 Å². The zero-order valence-corrected chi connectivity index (χ0v) is 26.5. The molecule has 0 spiro atoms. The van der Waals surface area contributed by atoms with Gasteiger partial charge >= 0.3 is 12.3 Å². The molecule has 0 aromatic heterocycles. The average Bonchev–Trinajstić information content (AvgIpc) is 3.42. The highest BCUT2D eigenvalue weighted by Gasteiger charge is 2.68. The summed E-state index contributed by atoms with van der Waals surface area (Å²) in [4.78, 5) is 70.1. The molecule has 3 aromatic carbocycles. The van der Waals surface area contributed by atoms with Crippen molar-refractivity contribution in [2.24, 2.45) is 29.1 Å². The first kappa shape index (κ1) is 33.3. The van der Waals surface area contributed by atoms with E-state index in [1.165, 1.54) is 37.3 Å². The zero-order valence-electron chi connectivity index (χ0n) is 25.8. The molecule has 2 heterocycles. The summed E-state index contributed by atoms with van der Waals surface area (Å²) in [6, 6.07) is 11.3. The number of hydrogen-bond donors (Lipinski definition) is 2. The number of aromatic carboxylic acids is 1. The molecule has 4 aliphatic rings. The van der Waals surface area contributed by atoms with Crippen LogP contribution in [-0.4, -0.2) is 46.2 Å². The van der Waals surface area contributed by atoms with Crippen molar-refractivity contribution < 1.29 is 56.5 Å². The van der Waals surface area contributed by atoms with Gasteiger partial charge in [-0.25, -0.2) is 14.1 Å². The normalized spacial score (nSPS) is 27.6. The quantitative estimate of drug-likeness (QED) is 0.181. The first-order valence-electron chi connectivity index (χ1n) is 15.4. The van der Waals surface area contributed by atoms with Crippen molar-refractivity contribution in [3.63, 3.8) is 0 Å². The van der Waals surface area contributed by atoms with Crippen LogP contribution < -0.4 is 14.5 Å². The third-order valence-electron chi connectivity index (χ3n) is 10.3. The molecule has 50 heavy (non-hydrogen) atoms. The van der Waals surface area contributed by atoms with Crippen LogP contribution in [-0.2, 0) is 19.2 Å². The summed E-state index contributed by atoms with van der Waals surface area (Å²) in [6.07, 6.45) is -3.67. The van der Waals surface area contributed by atoms with Crippen molar-refractivity contribution in [3.8, 4) is 11.5 Å². The number of carbonyl (C=O) groups is 5. The van der Waals surface area contributed by atoms with Gasteiger partial charge in [-0.1, -0.05) is 29.3 Å². The van der Waals surface area contributed by atoms with Gasteiger partial charge in [0.05, 0.1) is 45.1 Å². The molecular formula is C35H25ClF4N2O8. The molecule has 2 N–H and O–H groups in total. The molecule has 0 bridgehead atoms. The smallest absolute Gasteiger partial charge is 0.508 e. The van der Waals surface area contributed by atoms with Crippen molar-refractivity contribution in [2.75, 3.05) is 9.80 Å². The summed E-state index contributed by atoms with van der Waals surface area (Å²) < 4.78 is 58.2. The Bertz CT molecular complexity index is 2070. The van der Waals surface area contributed by atoms with Crippen LogP contribution in [0.5, 0.6) is 11.5 Å². The number of amides is 4. The maximum absolute atomic E-state index is 14.5. The van der Waals surface area contributed by atoms with Crippen molar-refractivity contribution in [3.05, 3.63) is 94.3 Å². The molecule has 2 aliphatic heterocycles. The fourth-order valence-electron chi connectivity index (χ4n) is 8.22. The molecule has 2 saturated heterocycles. The number of benzene rings is 3. The third kappa shape index (κ3) is 4.95. The number of nitrogens with zero attached hydrogens (tertiary/aromatic N) is 2. The maximum Gasteiger partial charge on any atom is 0.573 e. The second-order valence-electron chi connectivity index (χ2n) is 12.9. The number of halogens is 5. The topological polar surface area (TPSA) is 142 Å². The minimum Gasteiger partial charge on any atom is -0.508 e. The molecule has 2 aliphatic carbocycles. The van der Waals surface area contributed by atoms with Crippen LogP contribution in [0.15, 0.2) is 72.3 Å². The predicted molar refractivity (Wildman–Crippen MR) is 167 cm³/mol. The van der Waals surface area contributed by atoms with E-state index in [2.05, 4.69) is 4.74 Å². The van der Waals surface area contributed by atoms with Gasteiger partial charge in [0, 0.05) is 11.5 Å². The Kier molecular flexibility index (Phi) is 7.59. The molecule has 10 nitrogen and oxygen atoms in total. The highest BCUT2D eigenvalue weighted by Crippen LogP contribution is 2.64. The number of allylic oxidation sites excluding steroid dienone is 2. The summed E-state index contributed by atoms with van der Waals surface area (Å²) in [7, 11) is 0. The Balaban J connectivity index is 1.38. The molecule has 258 valence electrons. The van der Waals surface area contributed by atoms with Gasteiger partial charge in [0.15, 0.2) is 0 Å². The Morgan fingerprint density at radius 2 is 1.66 bits per heavy atom. The Labute approximate surface area is 285 Å². The lowest BCUT2D eigenvalue weighted by Gasteiger charge is -2.49. The summed E-state index contributed by atoms with van der Waals surface area (Å²) in [5.74, 6) is -11.7. The maximum atomic E-state index is 14.5. The van der Waals surface area contributed by atoms with E-state index >= 15 is 0 Å². The van der Waals surface area contributed by atoms with E-state index in [0.29, 0.717) is 5.57 Å². The molecule has 7 rings (SSSR count). The minimum atomic E-state index is -5.11. The Morgan fingerprint density at radius 3 is 2.34 bits per heavy atom. The number of aromatic hydroxyl groups is 1. The first-order valence-corrected chi connectivity index (χ1v) is 15.7.